The minimum absolute atomic E-state index is 0.147. The van der Waals surface area contributed by atoms with E-state index in [1.807, 2.05) is 51.1 Å². The van der Waals surface area contributed by atoms with E-state index in [2.05, 4.69) is 29.6 Å². The Kier molecular flexibility index (Phi) is 8.01. The average Bonchev–Trinajstić information content (AvgIpc) is 2.97. The normalized spacial score (nSPS) is 12.8. The lowest BCUT2D eigenvalue weighted by Gasteiger charge is -2.22. The van der Waals surface area contributed by atoms with Crippen molar-refractivity contribution in [3.63, 3.8) is 0 Å². The first-order valence-corrected chi connectivity index (χ1v) is 9.98. The highest BCUT2D eigenvalue weighted by Crippen LogP contribution is 2.20. The Morgan fingerprint density at radius 1 is 1.21 bits per heavy atom. The second-order valence-corrected chi connectivity index (χ2v) is 8.34. The molecular weight excluding hydrogens is 372 g/mol. The lowest BCUT2D eigenvalue weighted by Crippen LogP contribution is -2.35. The number of aromatic nitrogens is 2. The maximum absolute atomic E-state index is 12.2. The van der Waals surface area contributed by atoms with E-state index < -0.39 is 17.5 Å². The van der Waals surface area contributed by atoms with Crippen LogP contribution in [-0.2, 0) is 11.3 Å². The molecule has 1 unspecified atom stereocenters. The maximum atomic E-state index is 12.2. The van der Waals surface area contributed by atoms with Gasteiger partial charge in [0.05, 0.1) is 12.6 Å². The van der Waals surface area contributed by atoms with Crippen molar-refractivity contribution in [2.24, 2.45) is 5.92 Å². The predicted molar refractivity (Wildman–Crippen MR) is 111 cm³/mol. The van der Waals surface area contributed by atoms with E-state index in [0.717, 1.165) is 5.56 Å². The van der Waals surface area contributed by atoms with E-state index in [9.17, 15) is 9.59 Å². The summed E-state index contributed by atoms with van der Waals surface area (Å²) in [6.07, 6.45) is 0.287. The van der Waals surface area contributed by atoms with E-state index in [1.54, 1.807) is 4.57 Å². The zero-order valence-electron chi connectivity index (χ0n) is 17.9. The van der Waals surface area contributed by atoms with Crippen molar-refractivity contribution < 1.29 is 14.1 Å². The highest BCUT2D eigenvalue weighted by Gasteiger charge is 2.24. The Morgan fingerprint density at radius 2 is 1.90 bits per heavy atom. The summed E-state index contributed by atoms with van der Waals surface area (Å²) in [7, 11) is 0. The van der Waals surface area contributed by atoms with Gasteiger partial charge < -0.3 is 15.4 Å². The number of amides is 1. The summed E-state index contributed by atoms with van der Waals surface area (Å²) in [6.45, 7) is 11.1. The van der Waals surface area contributed by atoms with Crippen LogP contribution in [0.15, 0.2) is 39.6 Å². The van der Waals surface area contributed by atoms with Gasteiger partial charge in [0.1, 0.15) is 5.60 Å². The first-order valence-electron chi connectivity index (χ1n) is 9.98. The van der Waals surface area contributed by atoms with Gasteiger partial charge >= 0.3 is 11.8 Å². The molecule has 1 aromatic carbocycles. The summed E-state index contributed by atoms with van der Waals surface area (Å²) in [5, 5.41) is 10.2. The third-order valence-corrected chi connectivity index (χ3v) is 4.23. The van der Waals surface area contributed by atoms with Gasteiger partial charge in [-0.2, -0.15) is 0 Å². The van der Waals surface area contributed by atoms with Crippen molar-refractivity contribution in [3.05, 3.63) is 52.3 Å². The van der Waals surface area contributed by atoms with E-state index in [1.165, 1.54) is 0 Å². The molecule has 0 spiro atoms. The van der Waals surface area contributed by atoms with Crippen LogP contribution in [0.1, 0.15) is 58.5 Å². The lowest BCUT2D eigenvalue weighted by molar-refractivity contribution is 0.0527. The van der Waals surface area contributed by atoms with Gasteiger partial charge in [0.2, 0.25) is 0 Å². The number of alkyl carbamates (subject to hydrolysis) is 1. The fourth-order valence-corrected chi connectivity index (χ4v) is 2.89. The van der Waals surface area contributed by atoms with Gasteiger partial charge in [-0.15, -0.1) is 0 Å². The first kappa shape index (κ1) is 22.7. The second-order valence-electron chi connectivity index (χ2n) is 8.34. The minimum Gasteiger partial charge on any atom is -0.444 e. The molecule has 0 fully saturated rings. The van der Waals surface area contributed by atoms with Gasteiger partial charge in [0.15, 0.2) is 5.82 Å². The number of nitrogens with zero attached hydrogens (tertiary/aromatic N) is 2. The molecule has 29 heavy (non-hydrogen) atoms. The molecule has 1 amide bonds. The van der Waals surface area contributed by atoms with Gasteiger partial charge in [0, 0.05) is 6.54 Å². The van der Waals surface area contributed by atoms with Gasteiger partial charge in [0.25, 0.3) is 0 Å². The third kappa shape index (κ3) is 7.38. The Morgan fingerprint density at radius 3 is 2.52 bits per heavy atom. The summed E-state index contributed by atoms with van der Waals surface area (Å²) in [6, 6.07) is 9.58. The highest BCUT2D eigenvalue weighted by atomic mass is 16.6. The number of nitrogens with one attached hydrogen (secondary N) is 2. The van der Waals surface area contributed by atoms with Gasteiger partial charge in [-0.3, -0.25) is 9.09 Å². The van der Waals surface area contributed by atoms with Crippen molar-refractivity contribution >= 4 is 6.09 Å². The van der Waals surface area contributed by atoms with Crippen LogP contribution in [0.3, 0.4) is 0 Å². The molecule has 0 aliphatic rings. The molecule has 0 saturated carbocycles. The van der Waals surface area contributed by atoms with Crippen LogP contribution in [0, 0.1) is 5.92 Å². The molecule has 1 atom stereocenters. The first-order chi connectivity index (χ1) is 13.7. The topological polar surface area (TPSA) is 98.4 Å². The molecule has 8 nitrogen and oxygen atoms in total. The Hall–Kier alpha value is -2.61. The molecule has 1 aromatic heterocycles. The summed E-state index contributed by atoms with van der Waals surface area (Å²) in [4.78, 5) is 23.9. The molecule has 0 aliphatic carbocycles. The fourth-order valence-electron chi connectivity index (χ4n) is 2.89. The molecule has 1 heterocycles. The molecule has 2 rings (SSSR count). The van der Waals surface area contributed by atoms with Gasteiger partial charge in [-0.25, -0.2) is 9.59 Å². The molecule has 0 bridgehead atoms. The zero-order valence-corrected chi connectivity index (χ0v) is 17.9. The number of carbonyl (C=O) groups is 1. The Balaban J connectivity index is 1.93. The van der Waals surface area contributed by atoms with Crippen LogP contribution >= 0.6 is 0 Å². The van der Waals surface area contributed by atoms with E-state index in [-0.39, 0.29) is 12.0 Å². The largest absolute Gasteiger partial charge is 0.444 e. The summed E-state index contributed by atoms with van der Waals surface area (Å²) in [5.74, 6) is 0.303. The fraction of sp³-hybridized carbons (Fsp3) is 0.571. The van der Waals surface area contributed by atoms with Crippen LogP contribution in [0.2, 0.25) is 0 Å². The van der Waals surface area contributed by atoms with Crippen molar-refractivity contribution in [1.82, 2.24) is 20.4 Å². The summed E-state index contributed by atoms with van der Waals surface area (Å²) < 4.78 is 11.7. The van der Waals surface area contributed by atoms with Crippen LogP contribution in [0.5, 0.6) is 0 Å². The van der Waals surface area contributed by atoms with Crippen molar-refractivity contribution in [1.29, 1.82) is 0 Å². The minimum atomic E-state index is -0.513. The lowest BCUT2D eigenvalue weighted by atomic mass is 10.0. The van der Waals surface area contributed by atoms with Crippen molar-refractivity contribution in [2.75, 3.05) is 13.1 Å². The van der Waals surface area contributed by atoms with E-state index >= 15 is 0 Å². The molecule has 0 radical (unpaired) electrons. The smallest absolute Gasteiger partial charge is 0.441 e. The average molecular weight is 405 g/mol. The van der Waals surface area contributed by atoms with Crippen LogP contribution in [0.25, 0.3) is 0 Å². The Labute approximate surface area is 171 Å². The number of rotatable bonds is 9. The van der Waals surface area contributed by atoms with Crippen LogP contribution in [-0.4, -0.2) is 34.5 Å². The van der Waals surface area contributed by atoms with Crippen LogP contribution in [0.4, 0.5) is 4.79 Å². The van der Waals surface area contributed by atoms with E-state index in [0.29, 0.717) is 31.9 Å². The predicted octanol–water partition coefficient (Wildman–Crippen LogP) is 3.09. The molecule has 2 aromatic rings. The second kappa shape index (κ2) is 10.2. The standard InChI is InChI=1S/C21H32N4O4/c1-15(2)17(22-12-9-13-23-19(26)28-21(3,4)5)18-24-29-20(27)25(18)14-16-10-7-6-8-11-16/h6-8,10-11,15,17,22H,9,12-14H2,1-5H3,(H,23,26). The molecular formula is C21H32N4O4. The van der Waals surface area contributed by atoms with Crippen molar-refractivity contribution in [3.8, 4) is 0 Å². The quantitative estimate of drug-likeness (QED) is 0.623. The monoisotopic (exact) mass is 404 g/mol. The number of ether oxygens (including phenoxy) is 1. The molecule has 2 N–H and O–H groups in total. The number of benzene rings is 1. The summed E-state index contributed by atoms with van der Waals surface area (Å²) >= 11 is 0. The van der Waals surface area contributed by atoms with Crippen molar-refractivity contribution in [2.45, 2.75) is 59.2 Å². The van der Waals surface area contributed by atoms with E-state index in [4.69, 9.17) is 9.26 Å². The van der Waals surface area contributed by atoms with Gasteiger partial charge in [-0.05, 0) is 45.2 Å². The maximum Gasteiger partial charge on any atom is 0.441 e. The number of carbonyl (C=O) groups excluding carboxylic acids is 1. The molecule has 8 heteroatoms. The molecule has 0 saturated heterocycles. The third-order valence-electron chi connectivity index (χ3n) is 4.23. The van der Waals surface area contributed by atoms with Crippen LogP contribution < -0.4 is 16.4 Å². The SMILES string of the molecule is CC(C)C(NCCCNC(=O)OC(C)(C)C)c1noc(=O)n1Cc1ccccc1. The zero-order chi connectivity index (χ0) is 21.4. The number of hydrogen-bond acceptors (Lipinski definition) is 6. The molecule has 0 aliphatic heterocycles. The number of hydrogen-bond donors (Lipinski definition) is 2. The summed E-state index contributed by atoms with van der Waals surface area (Å²) in [5.41, 5.74) is 0.489. The highest BCUT2D eigenvalue weighted by molar-refractivity contribution is 5.67. The van der Waals surface area contributed by atoms with Gasteiger partial charge in [-0.1, -0.05) is 49.3 Å². The molecule has 160 valence electrons. The Bertz CT molecular complexity index is 821.